The maximum absolute atomic E-state index is 11.7. The maximum atomic E-state index is 11.7. The molecule has 0 aliphatic heterocycles. The van der Waals surface area contributed by atoms with Crippen LogP contribution in [-0.4, -0.2) is 35.6 Å². The fourth-order valence-electron chi connectivity index (χ4n) is 2.31. The van der Waals surface area contributed by atoms with E-state index in [2.05, 4.69) is 14.7 Å². The highest BCUT2D eigenvalue weighted by molar-refractivity contribution is 5.85. The lowest BCUT2D eigenvalue weighted by atomic mass is 10.1. The number of aryl methyl sites for hydroxylation is 1. The molecule has 0 bridgehead atoms. The quantitative estimate of drug-likeness (QED) is 0.428. The van der Waals surface area contributed by atoms with E-state index in [1.54, 1.807) is 12.3 Å². The second-order valence-corrected chi connectivity index (χ2v) is 5.81. The van der Waals surface area contributed by atoms with Gasteiger partial charge >= 0.3 is 11.9 Å². The van der Waals surface area contributed by atoms with Gasteiger partial charge in [-0.25, -0.2) is 14.8 Å². The molecule has 0 saturated heterocycles. The SMILES string of the molecule is COC(=O)CCCCCCCCCCOC(=O)c1nccc(C)n1. The fraction of sp³-hybridized carbons (Fsp3) is 0.667. The Hall–Kier alpha value is -1.98. The summed E-state index contributed by atoms with van der Waals surface area (Å²) in [6, 6.07) is 1.74. The van der Waals surface area contributed by atoms with Crippen LogP contribution >= 0.6 is 0 Å². The van der Waals surface area contributed by atoms with Gasteiger partial charge in [-0.15, -0.1) is 0 Å². The Labute approximate surface area is 144 Å². The Morgan fingerprint density at radius 2 is 1.62 bits per heavy atom. The summed E-state index contributed by atoms with van der Waals surface area (Å²) in [4.78, 5) is 30.6. The predicted molar refractivity (Wildman–Crippen MR) is 90.6 cm³/mol. The molecule has 1 heterocycles. The van der Waals surface area contributed by atoms with E-state index in [-0.39, 0.29) is 11.8 Å². The summed E-state index contributed by atoms with van der Waals surface area (Å²) in [5.41, 5.74) is 0.753. The minimum Gasteiger partial charge on any atom is -0.469 e. The maximum Gasteiger partial charge on any atom is 0.376 e. The highest BCUT2D eigenvalue weighted by atomic mass is 16.5. The highest BCUT2D eigenvalue weighted by Crippen LogP contribution is 2.10. The number of carbonyl (C=O) groups is 2. The molecule has 0 fully saturated rings. The number of esters is 2. The van der Waals surface area contributed by atoms with E-state index < -0.39 is 5.97 Å². The number of hydrogen-bond acceptors (Lipinski definition) is 6. The third-order valence-corrected chi connectivity index (χ3v) is 3.71. The monoisotopic (exact) mass is 336 g/mol. The van der Waals surface area contributed by atoms with Gasteiger partial charge in [0.05, 0.1) is 13.7 Å². The van der Waals surface area contributed by atoms with E-state index in [0.29, 0.717) is 13.0 Å². The van der Waals surface area contributed by atoms with Crippen LogP contribution in [0.3, 0.4) is 0 Å². The zero-order chi connectivity index (χ0) is 17.6. The molecule has 0 aliphatic rings. The lowest BCUT2D eigenvalue weighted by Gasteiger charge is -2.04. The fourth-order valence-corrected chi connectivity index (χ4v) is 2.31. The lowest BCUT2D eigenvalue weighted by Crippen LogP contribution is -2.11. The lowest BCUT2D eigenvalue weighted by molar-refractivity contribution is -0.140. The molecule has 6 nitrogen and oxygen atoms in total. The van der Waals surface area contributed by atoms with E-state index in [0.717, 1.165) is 44.2 Å². The molecule has 1 rings (SSSR count). The second-order valence-electron chi connectivity index (χ2n) is 5.81. The molecule has 0 aliphatic carbocycles. The van der Waals surface area contributed by atoms with Gasteiger partial charge in [-0.2, -0.15) is 0 Å². The summed E-state index contributed by atoms with van der Waals surface area (Å²) in [5, 5.41) is 0. The van der Waals surface area contributed by atoms with Crippen LogP contribution in [0.2, 0.25) is 0 Å². The molecule has 134 valence electrons. The van der Waals surface area contributed by atoms with Crippen molar-refractivity contribution < 1.29 is 19.1 Å². The van der Waals surface area contributed by atoms with Crippen molar-refractivity contribution in [2.75, 3.05) is 13.7 Å². The van der Waals surface area contributed by atoms with Crippen molar-refractivity contribution in [1.29, 1.82) is 0 Å². The summed E-state index contributed by atoms with van der Waals surface area (Å²) in [7, 11) is 1.42. The first-order chi connectivity index (χ1) is 11.6. The molecule has 1 aromatic heterocycles. The number of methoxy groups -OCH3 is 1. The van der Waals surface area contributed by atoms with Crippen LogP contribution in [0.25, 0.3) is 0 Å². The second kappa shape index (κ2) is 12.4. The van der Waals surface area contributed by atoms with Gasteiger partial charge in [0, 0.05) is 18.3 Å². The van der Waals surface area contributed by atoms with Crippen molar-refractivity contribution in [2.45, 2.75) is 64.7 Å². The number of rotatable bonds is 12. The minimum atomic E-state index is -0.454. The molecule has 0 radical (unpaired) electrons. The Kier molecular flexibility index (Phi) is 10.4. The summed E-state index contributed by atoms with van der Waals surface area (Å²) < 4.78 is 9.77. The van der Waals surface area contributed by atoms with Gasteiger partial charge < -0.3 is 9.47 Å². The summed E-state index contributed by atoms with van der Waals surface area (Å²) in [6.45, 7) is 2.23. The standard InChI is InChI=1S/C18H28N2O4/c1-15-12-13-19-17(20-15)18(22)24-14-10-8-6-4-3-5-7-9-11-16(21)23-2/h12-13H,3-11,14H2,1-2H3. The van der Waals surface area contributed by atoms with Gasteiger partial charge in [-0.3, -0.25) is 4.79 Å². The number of carbonyl (C=O) groups excluding carboxylic acids is 2. The highest BCUT2D eigenvalue weighted by Gasteiger charge is 2.10. The largest absolute Gasteiger partial charge is 0.469 e. The first-order valence-electron chi connectivity index (χ1n) is 8.67. The van der Waals surface area contributed by atoms with Crippen molar-refractivity contribution in [2.24, 2.45) is 0 Å². The van der Waals surface area contributed by atoms with Crippen molar-refractivity contribution >= 4 is 11.9 Å². The van der Waals surface area contributed by atoms with Crippen LogP contribution in [-0.2, 0) is 14.3 Å². The number of hydrogen-bond donors (Lipinski definition) is 0. The smallest absolute Gasteiger partial charge is 0.376 e. The van der Waals surface area contributed by atoms with Gasteiger partial charge in [0.1, 0.15) is 0 Å². The van der Waals surface area contributed by atoms with Gasteiger partial charge in [0.15, 0.2) is 0 Å². The molecular weight excluding hydrogens is 308 g/mol. The normalized spacial score (nSPS) is 10.4. The first kappa shape index (κ1) is 20.1. The van der Waals surface area contributed by atoms with E-state index in [4.69, 9.17) is 4.74 Å². The number of nitrogens with zero attached hydrogens (tertiary/aromatic N) is 2. The average molecular weight is 336 g/mol. The van der Waals surface area contributed by atoms with Crippen molar-refractivity contribution in [3.05, 3.63) is 23.8 Å². The van der Waals surface area contributed by atoms with Gasteiger partial charge in [0.25, 0.3) is 0 Å². The molecule has 0 amide bonds. The molecule has 0 spiro atoms. The van der Waals surface area contributed by atoms with Gasteiger partial charge in [-0.1, -0.05) is 38.5 Å². The Morgan fingerprint density at radius 3 is 2.25 bits per heavy atom. The molecule has 0 atom stereocenters. The van der Waals surface area contributed by atoms with Crippen molar-refractivity contribution in [3.63, 3.8) is 0 Å². The molecule has 0 saturated carbocycles. The number of aromatic nitrogens is 2. The molecular formula is C18H28N2O4. The van der Waals surface area contributed by atoms with Crippen molar-refractivity contribution in [3.8, 4) is 0 Å². The Bertz CT molecular complexity index is 506. The molecule has 0 unspecified atom stereocenters. The molecule has 0 N–H and O–H groups in total. The third kappa shape index (κ3) is 9.22. The predicted octanol–water partition coefficient (Wildman–Crippen LogP) is 3.63. The topological polar surface area (TPSA) is 78.4 Å². The van der Waals surface area contributed by atoms with E-state index in [1.807, 2.05) is 6.92 Å². The van der Waals surface area contributed by atoms with Crippen LogP contribution in [0.5, 0.6) is 0 Å². The van der Waals surface area contributed by atoms with Crippen LogP contribution in [0, 0.1) is 6.92 Å². The summed E-state index contributed by atoms with van der Waals surface area (Å²) in [5.74, 6) is -0.452. The molecule has 6 heteroatoms. The summed E-state index contributed by atoms with van der Waals surface area (Å²) in [6.07, 6.45) is 10.6. The zero-order valence-electron chi connectivity index (χ0n) is 14.8. The average Bonchev–Trinajstić information content (AvgIpc) is 2.59. The van der Waals surface area contributed by atoms with Crippen LogP contribution in [0.15, 0.2) is 12.3 Å². The zero-order valence-corrected chi connectivity index (χ0v) is 14.8. The number of unbranched alkanes of at least 4 members (excludes halogenated alkanes) is 7. The minimum absolute atomic E-state index is 0.124. The molecule has 1 aromatic rings. The van der Waals surface area contributed by atoms with Gasteiger partial charge in [-0.05, 0) is 25.8 Å². The third-order valence-electron chi connectivity index (χ3n) is 3.71. The van der Waals surface area contributed by atoms with Crippen LogP contribution < -0.4 is 0 Å². The first-order valence-corrected chi connectivity index (χ1v) is 8.67. The Morgan fingerprint density at radius 1 is 1.00 bits per heavy atom. The van der Waals surface area contributed by atoms with Crippen molar-refractivity contribution in [1.82, 2.24) is 9.97 Å². The van der Waals surface area contributed by atoms with Gasteiger partial charge in [0.2, 0.25) is 5.82 Å². The molecule has 24 heavy (non-hydrogen) atoms. The van der Waals surface area contributed by atoms with E-state index >= 15 is 0 Å². The molecule has 0 aromatic carbocycles. The van der Waals surface area contributed by atoms with E-state index in [9.17, 15) is 9.59 Å². The van der Waals surface area contributed by atoms with Crippen LogP contribution in [0.1, 0.15) is 74.1 Å². The summed E-state index contributed by atoms with van der Waals surface area (Å²) >= 11 is 0. The number of ether oxygens (including phenoxy) is 2. The Balaban J connectivity index is 1.92. The van der Waals surface area contributed by atoms with Crippen LogP contribution in [0.4, 0.5) is 0 Å². The van der Waals surface area contributed by atoms with E-state index in [1.165, 1.54) is 20.0 Å².